The fourth-order valence-electron chi connectivity index (χ4n) is 1.23. The molecule has 0 aromatic rings. The highest BCUT2D eigenvalue weighted by Gasteiger charge is 2.39. The van der Waals surface area contributed by atoms with Crippen LogP contribution in [0.5, 0.6) is 0 Å². The number of hydrogen-bond acceptors (Lipinski definition) is 4. The van der Waals surface area contributed by atoms with Crippen LogP contribution in [0.2, 0.25) is 0 Å². The van der Waals surface area contributed by atoms with Crippen LogP contribution in [0.3, 0.4) is 0 Å². The summed E-state index contributed by atoms with van der Waals surface area (Å²) in [5.74, 6) is -2.27. The third-order valence-electron chi connectivity index (χ3n) is 1.84. The van der Waals surface area contributed by atoms with E-state index in [1.165, 1.54) is 7.11 Å². The van der Waals surface area contributed by atoms with E-state index >= 15 is 0 Å². The Morgan fingerprint density at radius 1 is 1.58 bits per heavy atom. The lowest BCUT2D eigenvalue weighted by atomic mass is 10.0. The number of carbonyl (C=O) groups excluding carboxylic acids is 1. The van der Waals surface area contributed by atoms with Gasteiger partial charge in [0.1, 0.15) is 0 Å². The monoisotopic (exact) mass is 174 g/mol. The van der Waals surface area contributed by atoms with Gasteiger partial charge in [-0.15, -0.1) is 0 Å². The SMILES string of the molecule is COC(=O)C1CCOC1C(=O)O. The molecule has 68 valence electrons. The Morgan fingerprint density at radius 3 is 2.75 bits per heavy atom. The Morgan fingerprint density at radius 2 is 2.25 bits per heavy atom. The molecule has 0 aliphatic carbocycles. The highest BCUT2D eigenvalue weighted by atomic mass is 16.5. The van der Waals surface area contributed by atoms with Crippen LogP contribution in [0.1, 0.15) is 6.42 Å². The first kappa shape index (κ1) is 8.99. The highest BCUT2D eigenvalue weighted by Crippen LogP contribution is 2.22. The molecule has 0 bridgehead atoms. The summed E-state index contributed by atoms with van der Waals surface area (Å²) in [5.41, 5.74) is 0. The fraction of sp³-hybridized carbons (Fsp3) is 0.714. The highest BCUT2D eigenvalue weighted by molar-refractivity contribution is 5.83. The molecular formula is C7H10O5. The predicted molar refractivity (Wildman–Crippen MR) is 37.5 cm³/mol. The molecule has 0 spiro atoms. The van der Waals surface area contributed by atoms with Crippen LogP contribution < -0.4 is 0 Å². The first-order valence-electron chi connectivity index (χ1n) is 3.59. The van der Waals surface area contributed by atoms with Gasteiger partial charge in [0.2, 0.25) is 0 Å². The minimum absolute atomic E-state index is 0.302. The van der Waals surface area contributed by atoms with Crippen molar-refractivity contribution in [1.29, 1.82) is 0 Å². The van der Waals surface area contributed by atoms with Crippen molar-refractivity contribution in [3.8, 4) is 0 Å². The van der Waals surface area contributed by atoms with Gasteiger partial charge in [0.05, 0.1) is 13.0 Å². The quantitative estimate of drug-likeness (QED) is 0.579. The second-order valence-electron chi connectivity index (χ2n) is 2.55. The molecule has 1 fully saturated rings. The Balaban J connectivity index is 2.63. The molecule has 5 nitrogen and oxygen atoms in total. The molecule has 1 aliphatic rings. The lowest BCUT2D eigenvalue weighted by molar-refractivity contribution is -0.158. The molecule has 1 heterocycles. The molecular weight excluding hydrogens is 164 g/mol. The summed E-state index contributed by atoms with van der Waals surface area (Å²) in [5, 5.41) is 8.60. The number of carbonyl (C=O) groups is 2. The average Bonchev–Trinajstić information content (AvgIpc) is 2.50. The number of aliphatic carboxylic acids is 1. The number of esters is 1. The lowest BCUT2D eigenvalue weighted by Crippen LogP contribution is -2.32. The molecule has 0 amide bonds. The van der Waals surface area contributed by atoms with Crippen molar-refractivity contribution in [2.24, 2.45) is 5.92 Å². The molecule has 0 radical (unpaired) electrons. The number of methoxy groups -OCH3 is 1. The first-order valence-corrected chi connectivity index (χ1v) is 3.59. The molecule has 1 saturated heterocycles. The zero-order valence-electron chi connectivity index (χ0n) is 6.65. The first-order chi connectivity index (χ1) is 5.66. The second kappa shape index (κ2) is 3.53. The minimum atomic E-state index is -1.11. The molecule has 0 saturated carbocycles. The largest absolute Gasteiger partial charge is 0.479 e. The maximum atomic E-state index is 11.0. The molecule has 1 rings (SSSR count). The third-order valence-corrected chi connectivity index (χ3v) is 1.84. The third kappa shape index (κ3) is 1.55. The standard InChI is InChI=1S/C7H10O5/c1-11-7(10)4-2-3-12-5(4)6(8)9/h4-5H,2-3H2,1H3,(H,8,9). The van der Waals surface area contributed by atoms with Gasteiger partial charge in [0.15, 0.2) is 6.10 Å². The van der Waals surface area contributed by atoms with E-state index < -0.39 is 24.0 Å². The molecule has 1 aliphatic heterocycles. The molecule has 12 heavy (non-hydrogen) atoms. The molecule has 2 unspecified atom stereocenters. The van der Waals surface area contributed by atoms with Crippen molar-refractivity contribution in [3.05, 3.63) is 0 Å². The van der Waals surface area contributed by atoms with Crippen molar-refractivity contribution in [1.82, 2.24) is 0 Å². The predicted octanol–water partition coefficient (Wildman–Crippen LogP) is -0.351. The topological polar surface area (TPSA) is 72.8 Å². The van der Waals surface area contributed by atoms with Crippen LogP contribution >= 0.6 is 0 Å². The van der Waals surface area contributed by atoms with E-state index in [-0.39, 0.29) is 0 Å². The van der Waals surface area contributed by atoms with Gasteiger partial charge in [0.25, 0.3) is 0 Å². The van der Waals surface area contributed by atoms with E-state index in [9.17, 15) is 9.59 Å². The van der Waals surface area contributed by atoms with E-state index in [4.69, 9.17) is 9.84 Å². The number of carboxylic acids is 1. The Labute approximate surface area is 69.3 Å². The van der Waals surface area contributed by atoms with Crippen molar-refractivity contribution in [2.75, 3.05) is 13.7 Å². The van der Waals surface area contributed by atoms with Gasteiger partial charge in [-0.05, 0) is 6.42 Å². The summed E-state index contributed by atoms with van der Waals surface area (Å²) < 4.78 is 9.28. The Bertz CT molecular complexity index is 200. The van der Waals surface area contributed by atoms with E-state index in [1.807, 2.05) is 0 Å². The van der Waals surface area contributed by atoms with Gasteiger partial charge in [-0.25, -0.2) is 4.79 Å². The van der Waals surface area contributed by atoms with Crippen LogP contribution in [0, 0.1) is 5.92 Å². The smallest absolute Gasteiger partial charge is 0.333 e. The van der Waals surface area contributed by atoms with Gasteiger partial charge in [-0.1, -0.05) is 0 Å². The molecule has 1 N–H and O–H groups in total. The number of hydrogen-bond donors (Lipinski definition) is 1. The van der Waals surface area contributed by atoms with Gasteiger partial charge >= 0.3 is 11.9 Å². The van der Waals surface area contributed by atoms with Crippen molar-refractivity contribution < 1.29 is 24.2 Å². The van der Waals surface area contributed by atoms with E-state index in [0.29, 0.717) is 13.0 Å². The van der Waals surface area contributed by atoms with Crippen LogP contribution in [0.4, 0.5) is 0 Å². The second-order valence-corrected chi connectivity index (χ2v) is 2.55. The Hall–Kier alpha value is -1.10. The van der Waals surface area contributed by atoms with Gasteiger partial charge in [-0.2, -0.15) is 0 Å². The molecule has 0 aromatic carbocycles. The van der Waals surface area contributed by atoms with Crippen molar-refractivity contribution in [2.45, 2.75) is 12.5 Å². The van der Waals surface area contributed by atoms with Gasteiger partial charge in [-0.3, -0.25) is 4.79 Å². The minimum Gasteiger partial charge on any atom is -0.479 e. The fourth-order valence-corrected chi connectivity index (χ4v) is 1.23. The van der Waals surface area contributed by atoms with E-state index in [1.54, 1.807) is 0 Å². The maximum Gasteiger partial charge on any atom is 0.333 e. The summed E-state index contributed by atoms with van der Waals surface area (Å²) in [7, 11) is 1.24. The molecule has 0 aromatic heterocycles. The molecule has 2 atom stereocenters. The van der Waals surface area contributed by atoms with Gasteiger partial charge in [0, 0.05) is 6.61 Å². The maximum absolute atomic E-state index is 11.0. The van der Waals surface area contributed by atoms with Crippen LogP contribution in [0.25, 0.3) is 0 Å². The van der Waals surface area contributed by atoms with Crippen molar-refractivity contribution in [3.63, 3.8) is 0 Å². The average molecular weight is 174 g/mol. The number of carboxylic acid groups (broad SMARTS) is 1. The number of ether oxygens (including phenoxy) is 2. The summed E-state index contributed by atoms with van der Waals surface area (Å²) in [6.07, 6.45) is -0.610. The van der Waals surface area contributed by atoms with Gasteiger partial charge < -0.3 is 14.6 Å². The van der Waals surface area contributed by atoms with Crippen LogP contribution in [-0.4, -0.2) is 36.9 Å². The normalized spacial score (nSPS) is 28.4. The zero-order valence-corrected chi connectivity index (χ0v) is 6.65. The lowest BCUT2D eigenvalue weighted by Gasteiger charge is -2.10. The van der Waals surface area contributed by atoms with E-state index in [2.05, 4.69) is 4.74 Å². The summed E-state index contributed by atoms with van der Waals surface area (Å²) in [4.78, 5) is 21.5. The van der Waals surface area contributed by atoms with E-state index in [0.717, 1.165) is 0 Å². The summed E-state index contributed by atoms with van der Waals surface area (Å²) in [6, 6.07) is 0. The van der Waals surface area contributed by atoms with Crippen LogP contribution in [0.15, 0.2) is 0 Å². The molecule has 5 heteroatoms. The van der Waals surface area contributed by atoms with Crippen molar-refractivity contribution >= 4 is 11.9 Å². The Kier molecular flexibility index (Phi) is 2.65. The number of rotatable bonds is 2. The summed E-state index contributed by atoms with van der Waals surface area (Å²) in [6.45, 7) is 0.302. The summed E-state index contributed by atoms with van der Waals surface area (Å²) >= 11 is 0. The zero-order chi connectivity index (χ0) is 9.14. The van der Waals surface area contributed by atoms with Crippen LogP contribution in [-0.2, 0) is 19.1 Å².